The van der Waals surface area contributed by atoms with Crippen LogP contribution >= 0.6 is 11.6 Å². The summed E-state index contributed by atoms with van der Waals surface area (Å²) in [5.41, 5.74) is 2.28. The van der Waals surface area contributed by atoms with Crippen molar-refractivity contribution >= 4 is 17.4 Å². The lowest BCUT2D eigenvalue weighted by Gasteiger charge is -2.31. The Labute approximate surface area is 105 Å². The fourth-order valence-corrected chi connectivity index (χ4v) is 2.53. The molecule has 2 aliphatic rings. The lowest BCUT2D eigenvalue weighted by atomic mass is 10.1. The first-order chi connectivity index (χ1) is 8.34. The Morgan fingerprint density at radius 2 is 2.06 bits per heavy atom. The number of nitrogens with zero attached hydrogens (tertiary/aromatic N) is 3. The van der Waals surface area contributed by atoms with Crippen molar-refractivity contribution in [1.29, 1.82) is 0 Å². The predicted octanol–water partition coefficient (Wildman–Crippen LogP) is 0.612. The van der Waals surface area contributed by atoms with Crippen molar-refractivity contribution in [2.75, 3.05) is 37.7 Å². The van der Waals surface area contributed by atoms with Crippen molar-refractivity contribution in [3.63, 3.8) is 0 Å². The second kappa shape index (κ2) is 4.76. The third-order valence-electron chi connectivity index (χ3n) is 3.20. The van der Waals surface area contributed by atoms with Gasteiger partial charge in [-0.3, -0.25) is 0 Å². The maximum atomic E-state index is 5.99. The highest BCUT2D eigenvalue weighted by molar-refractivity contribution is 6.28. The summed E-state index contributed by atoms with van der Waals surface area (Å²) in [6.07, 6.45) is 0.971. The second-order valence-corrected chi connectivity index (χ2v) is 4.61. The fraction of sp³-hybridized carbons (Fsp3) is 0.636. The van der Waals surface area contributed by atoms with Crippen LogP contribution in [-0.2, 0) is 17.7 Å². The molecule has 1 saturated heterocycles. The van der Waals surface area contributed by atoms with E-state index in [1.54, 1.807) is 0 Å². The summed E-state index contributed by atoms with van der Waals surface area (Å²) in [5, 5.41) is 3.65. The summed E-state index contributed by atoms with van der Waals surface area (Å²) in [6, 6.07) is 0. The Morgan fingerprint density at radius 3 is 2.88 bits per heavy atom. The summed E-state index contributed by atoms with van der Waals surface area (Å²) in [7, 11) is 0. The summed E-state index contributed by atoms with van der Waals surface area (Å²) < 4.78 is 5.37. The number of halogens is 1. The molecule has 1 fully saturated rings. The highest BCUT2D eigenvalue weighted by Crippen LogP contribution is 2.25. The standard InChI is InChI=1S/C11H15ClN4O/c12-11-14-9-7-13-2-1-8(9)10(15-11)16-3-5-17-6-4-16/h13H,1-7H2. The zero-order chi connectivity index (χ0) is 11.7. The van der Waals surface area contributed by atoms with Crippen LogP contribution in [0.15, 0.2) is 0 Å². The molecule has 0 atom stereocenters. The molecular weight excluding hydrogens is 240 g/mol. The van der Waals surface area contributed by atoms with Crippen LogP contribution in [-0.4, -0.2) is 42.8 Å². The minimum Gasteiger partial charge on any atom is -0.378 e. The minimum atomic E-state index is 0.342. The number of hydrogen-bond donors (Lipinski definition) is 1. The molecule has 92 valence electrons. The minimum absolute atomic E-state index is 0.342. The molecule has 2 aliphatic heterocycles. The normalized spacial score (nSPS) is 20.2. The van der Waals surface area contributed by atoms with E-state index in [9.17, 15) is 0 Å². The number of aromatic nitrogens is 2. The lowest BCUT2D eigenvalue weighted by Crippen LogP contribution is -2.38. The number of anilines is 1. The Hall–Kier alpha value is -0.910. The number of nitrogens with one attached hydrogen (secondary N) is 1. The smallest absolute Gasteiger partial charge is 0.224 e. The van der Waals surface area contributed by atoms with E-state index < -0.39 is 0 Å². The van der Waals surface area contributed by atoms with Crippen molar-refractivity contribution in [3.8, 4) is 0 Å². The van der Waals surface area contributed by atoms with Gasteiger partial charge in [-0.05, 0) is 24.6 Å². The molecule has 17 heavy (non-hydrogen) atoms. The zero-order valence-electron chi connectivity index (χ0n) is 9.58. The van der Waals surface area contributed by atoms with Gasteiger partial charge in [0.15, 0.2) is 0 Å². The molecule has 0 aromatic carbocycles. The summed E-state index contributed by atoms with van der Waals surface area (Å²) in [5.74, 6) is 1.00. The Balaban J connectivity index is 1.98. The molecule has 3 rings (SSSR count). The van der Waals surface area contributed by atoms with Gasteiger partial charge >= 0.3 is 0 Å². The molecule has 1 N–H and O–H groups in total. The summed E-state index contributed by atoms with van der Waals surface area (Å²) in [4.78, 5) is 11.0. The van der Waals surface area contributed by atoms with Crippen LogP contribution in [0.5, 0.6) is 0 Å². The number of fused-ring (bicyclic) bond motifs is 1. The van der Waals surface area contributed by atoms with Crippen molar-refractivity contribution in [1.82, 2.24) is 15.3 Å². The monoisotopic (exact) mass is 254 g/mol. The first-order valence-electron chi connectivity index (χ1n) is 5.93. The predicted molar refractivity (Wildman–Crippen MR) is 65.5 cm³/mol. The molecular formula is C11H15ClN4O. The first-order valence-corrected chi connectivity index (χ1v) is 6.31. The number of morpholine rings is 1. The van der Waals surface area contributed by atoms with Crippen molar-refractivity contribution in [3.05, 3.63) is 16.5 Å². The lowest BCUT2D eigenvalue weighted by molar-refractivity contribution is 0.122. The Morgan fingerprint density at radius 1 is 1.24 bits per heavy atom. The average Bonchev–Trinajstić information content (AvgIpc) is 2.39. The summed E-state index contributed by atoms with van der Waals surface area (Å²) in [6.45, 7) is 5.05. The molecule has 0 aliphatic carbocycles. The SMILES string of the molecule is Clc1nc2c(c(N3CCOCC3)n1)CCNC2. The number of hydrogen-bond acceptors (Lipinski definition) is 5. The highest BCUT2D eigenvalue weighted by Gasteiger charge is 2.22. The number of rotatable bonds is 1. The van der Waals surface area contributed by atoms with Crippen molar-refractivity contribution in [2.45, 2.75) is 13.0 Å². The third-order valence-corrected chi connectivity index (χ3v) is 3.37. The van der Waals surface area contributed by atoms with E-state index in [0.29, 0.717) is 5.28 Å². The first kappa shape index (κ1) is 11.2. The molecule has 3 heterocycles. The van der Waals surface area contributed by atoms with Crippen LogP contribution < -0.4 is 10.2 Å². The van der Waals surface area contributed by atoms with Crippen molar-refractivity contribution in [2.24, 2.45) is 0 Å². The van der Waals surface area contributed by atoms with Crippen LogP contribution in [0.3, 0.4) is 0 Å². The van der Waals surface area contributed by atoms with Gasteiger partial charge in [0.05, 0.1) is 18.9 Å². The highest BCUT2D eigenvalue weighted by atomic mass is 35.5. The average molecular weight is 255 g/mol. The molecule has 0 spiro atoms. The van der Waals surface area contributed by atoms with E-state index in [1.165, 1.54) is 5.56 Å². The molecule has 0 saturated carbocycles. The van der Waals surface area contributed by atoms with E-state index in [-0.39, 0.29) is 0 Å². The van der Waals surface area contributed by atoms with Crippen molar-refractivity contribution < 1.29 is 4.74 Å². The molecule has 0 unspecified atom stereocenters. The second-order valence-electron chi connectivity index (χ2n) is 4.27. The third kappa shape index (κ3) is 2.22. The van der Waals surface area contributed by atoms with Gasteiger partial charge in [-0.25, -0.2) is 9.97 Å². The molecule has 0 radical (unpaired) electrons. The zero-order valence-corrected chi connectivity index (χ0v) is 10.3. The van der Waals surface area contributed by atoms with E-state index in [1.807, 2.05) is 0 Å². The summed E-state index contributed by atoms with van der Waals surface area (Å²) >= 11 is 5.99. The van der Waals surface area contributed by atoms with E-state index in [2.05, 4.69) is 20.2 Å². The maximum Gasteiger partial charge on any atom is 0.224 e. The molecule has 6 heteroatoms. The molecule has 5 nitrogen and oxygen atoms in total. The molecule has 1 aromatic heterocycles. The largest absolute Gasteiger partial charge is 0.378 e. The van der Waals surface area contributed by atoms with Gasteiger partial charge < -0.3 is 15.0 Å². The van der Waals surface area contributed by atoms with Gasteiger partial charge in [0.1, 0.15) is 5.82 Å². The molecule has 1 aromatic rings. The van der Waals surface area contributed by atoms with Crippen LogP contribution in [0, 0.1) is 0 Å². The maximum absolute atomic E-state index is 5.99. The van der Waals surface area contributed by atoms with Gasteiger partial charge in [0.25, 0.3) is 0 Å². The van der Waals surface area contributed by atoms with Gasteiger partial charge in [-0.15, -0.1) is 0 Å². The quantitative estimate of drug-likeness (QED) is 0.745. The van der Waals surface area contributed by atoms with E-state index in [4.69, 9.17) is 16.3 Å². The topological polar surface area (TPSA) is 50.3 Å². The van der Waals surface area contributed by atoms with Gasteiger partial charge in [0.2, 0.25) is 5.28 Å². The Kier molecular flexibility index (Phi) is 3.13. The van der Waals surface area contributed by atoms with Crippen LogP contribution in [0.25, 0.3) is 0 Å². The Bertz CT molecular complexity index is 420. The van der Waals surface area contributed by atoms with E-state index in [0.717, 1.165) is 57.3 Å². The molecule has 0 amide bonds. The van der Waals surface area contributed by atoms with Gasteiger partial charge in [-0.2, -0.15) is 0 Å². The van der Waals surface area contributed by atoms with E-state index >= 15 is 0 Å². The van der Waals surface area contributed by atoms with Crippen LogP contribution in [0.1, 0.15) is 11.3 Å². The number of ether oxygens (including phenoxy) is 1. The van der Waals surface area contributed by atoms with Crippen LogP contribution in [0.2, 0.25) is 5.28 Å². The van der Waals surface area contributed by atoms with Crippen LogP contribution in [0.4, 0.5) is 5.82 Å². The molecule has 0 bridgehead atoms. The fourth-order valence-electron chi connectivity index (χ4n) is 2.35. The van der Waals surface area contributed by atoms with Gasteiger partial charge in [-0.1, -0.05) is 0 Å². The van der Waals surface area contributed by atoms with Gasteiger partial charge in [0, 0.05) is 25.2 Å².